The van der Waals surface area contributed by atoms with E-state index in [-0.39, 0.29) is 31.4 Å². The summed E-state index contributed by atoms with van der Waals surface area (Å²) >= 11 is 0. The number of ether oxygens (including phenoxy) is 1. The quantitative estimate of drug-likeness (QED) is 0.517. The van der Waals surface area contributed by atoms with Crippen molar-refractivity contribution in [1.82, 2.24) is 10.2 Å². The number of aliphatic hydroxyl groups is 2. The van der Waals surface area contributed by atoms with Gasteiger partial charge in [-0.15, -0.1) is 0 Å². The molecule has 0 spiro atoms. The normalized spacial score (nSPS) is 19.5. The van der Waals surface area contributed by atoms with E-state index in [0.717, 1.165) is 0 Å². The van der Waals surface area contributed by atoms with Gasteiger partial charge < -0.3 is 25.2 Å². The van der Waals surface area contributed by atoms with Crippen LogP contribution in [0.4, 0.5) is 0 Å². The van der Waals surface area contributed by atoms with Gasteiger partial charge in [-0.25, -0.2) is 0 Å². The largest absolute Gasteiger partial charge is 0.394 e. The van der Waals surface area contributed by atoms with Crippen LogP contribution in [-0.4, -0.2) is 72.5 Å². The van der Waals surface area contributed by atoms with Gasteiger partial charge in [0, 0.05) is 26.6 Å². The molecule has 0 radical (unpaired) electrons. The molecule has 1 atom stereocenters. The maximum atomic E-state index is 12.2. The predicted octanol–water partition coefficient (Wildman–Crippen LogP) is -1.27. The van der Waals surface area contributed by atoms with Crippen molar-refractivity contribution in [2.24, 2.45) is 5.92 Å². The third kappa shape index (κ3) is 3.91. The molecule has 1 heterocycles. The van der Waals surface area contributed by atoms with Crippen LogP contribution in [0.15, 0.2) is 0 Å². The molecule has 1 fully saturated rings. The number of carbonyl (C=O) groups is 2. The number of carbonyl (C=O) groups excluding carboxylic acids is 2. The molecule has 0 bridgehead atoms. The fourth-order valence-corrected chi connectivity index (χ4v) is 2.17. The van der Waals surface area contributed by atoms with E-state index in [1.165, 1.54) is 0 Å². The van der Waals surface area contributed by atoms with E-state index in [1.807, 2.05) is 0 Å². The molecule has 3 N–H and O–H groups in total. The molecule has 0 aromatic carbocycles. The molecule has 0 aliphatic carbocycles. The van der Waals surface area contributed by atoms with E-state index in [4.69, 9.17) is 4.74 Å². The number of nitrogens with one attached hydrogen (secondary N) is 1. The number of amides is 2. The molecule has 0 aromatic rings. The Kier molecular flexibility index (Phi) is 6.38. The Morgan fingerprint density at radius 2 is 2.15 bits per heavy atom. The minimum absolute atomic E-state index is 0.0719. The molecule has 116 valence electrons. The van der Waals surface area contributed by atoms with Crippen LogP contribution >= 0.6 is 0 Å². The third-order valence-corrected chi connectivity index (χ3v) is 3.82. The summed E-state index contributed by atoms with van der Waals surface area (Å²) in [6.45, 7) is 2.37. The van der Waals surface area contributed by atoms with Crippen molar-refractivity contribution < 1.29 is 24.5 Å². The summed E-state index contributed by atoms with van der Waals surface area (Å²) in [5.41, 5.74) is -1.01. The van der Waals surface area contributed by atoms with Gasteiger partial charge in [0.05, 0.1) is 31.3 Å². The molecule has 1 aliphatic heterocycles. The van der Waals surface area contributed by atoms with E-state index >= 15 is 0 Å². The summed E-state index contributed by atoms with van der Waals surface area (Å²) in [5, 5.41) is 21.3. The summed E-state index contributed by atoms with van der Waals surface area (Å²) in [7, 11) is 1.56. The molecule has 1 unspecified atom stereocenters. The Morgan fingerprint density at radius 3 is 2.65 bits per heavy atom. The Hall–Kier alpha value is -1.18. The van der Waals surface area contributed by atoms with Gasteiger partial charge in [-0.2, -0.15) is 0 Å². The highest BCUT2D eigenvalue weighted by Crippen LogP contribution is 2.19. The molecule has 7 heteroatoms. The summed E-state index contributed by atoms with van der Waals surface area (Å²) in [5.74, 6) is -0.816. The number of rotatable bonds is 8. The van der Waals surface area contributed by atoms with Crippen molar-refractivity contribution in [2.45, 2.75) is 25.3 Å². The maximum absolute atomic E-state index is 12.2. The Labute approximate surface area is 118 Å². The third-order valence-electron chi connectivity index (χ3n) is 3.82. The molecular weight excluding hydrogens is 264 g/mol. The van der Waals surface area contributed by atoms with E-state index in [0.29, 0.717) is 26.1 Å². The zero-order valence-corrected chi connectivity index (χ0v) is 12.1. The van der Waals surface area contributed by atoms with Gasteiger partial charge in [0.2, 0.25) is 11.8 Å². The van der Waals surface area contributed by atoms with Crippen LogP contribution in [-0.2, 0) is 14.3 Å². The summed E-state index contributed by atoms with van der Waals surface area (Å²) < 4.78 is 4.92. The first-order chi connectivity index (χ1) is 9.51. The number of hydrogen-bond acceptors (Lipinski definition) is 5. The lowest BCUT2D eigenvalue weighted by Crippen LogP contribution is -2.55. The van der Waals surface area contributed by atoms with Gasteiger partial charge in [-0.1, -0.05) is 6.92 Å². The lowest BCUT2D eigenvalue weighted by atomic mass is 9.96. The maximum Gasteiger partial charge on any atom is 0.226 e. The lowest BCUT2D eigenvalue weighted by molar-refractivity contribution is -0.130. The zero-order chi connectivity index (χ0) is 15.2. The lowest BCUT2D eigenvalue weighted by Gasteiger charge is -2.30. The highest BCUT2D eigenvalue weighted by molar-refractivity contribution is 5.89. The monoisotopic (exact) mass is 288 g/mol. The first kappa shape index (κ1) is 16.9. The second kappa shape index (κ2) is 7.56. The number of nitrogens with zero attached hydrogens (tertiary/aromatic N) is 1. The van der Waals surface area contributed by atoms with Gasteiger partial charge in [-0.05, 0) is 6.42 Å². The molecule has 7 nitrogen and oxygen atoms in total. The second-order valence-electron chi connectivity index (χ2n) is 5.17. The van der Waals surface area contributed by atoms with Crippen molar-refractivity contribution in [3.8, 4) is 0 Å². The van der Waals surface area contributed by atoms with E-state index in [9.17, 15) is 19.8 Å². The number of hydrogen-bond donors (Lipinski definition) is 3. The molecule has 2 amide bonds. The Balaban J connectivity index is 2.59. The van der Waals surface area contributed by atoms with Crippen molar-refractivity contribution in [3.05, 3.63) is 0 Å². The number of likely N-dealkylation sites (tertiary alicyclic amines) is 1. The van der Waals surface area contributed by atoms with Crippen LogP contribution in [0, 0.1) is 5.92 Å². The number of methoxy groups -OCH3 is 1. The van der Waals surface area contributed by atoms with Crippen molar-refractivity contribution >= 4 is 11.8 Å². The van der Waals surface area contributed by atoms with Crippen molar-refractivity contribution in [1.29, 1.82) is 0 Å². The van der Waals surface area contributed by atoms with Crippen LogP contribution in [0.25, 0.3) is 0 Å². The first-order valence-corrected chi connectivity index (χ1v) is 6.82. The fourth-order valence-electron chi connectivity index (χ4n) is 2.17. The summed E-state index contributed by atoms with van der Waals surface area (Å²) in [4.78, 5) is 25.5. The van der Waals surface area contributed by atoms with E-state index in [2.05, 4.69) is 5.32 Å². The number of aliphatic hydroxyl groups excluding tert-OH is 2. The standard InChI is InChI=1S/C13H24N2O5/c1-3-13(8-16,9-17)14-12(19)10-6-11(18)15(7-10)4-5-20-2/h10,16-17H,3-9H2,1-2H3,(H,14,19). The van der Waals surface area contributed by atoms with E-state index in [1.54, 1.807) is 18.9 Å². The summed E-state index contributed by atoms with van der Waals surface area (Å²) in [6, 6.07) is 0. The Morgan fingerprint density at radius 1 is 1.50 bits per heavy atom. The Bertz CT molecular complexity index is 335. The van der Waals surface area contributed by atoms with Crippen LogP contribution in [0.2, 0.25) is 0 Å². The van der Waals surface area contributed by atoms with Crippen LogP contribution in [0.3, 0.4) is 0 Å². The highest BCUT2D eigenvalue weighted by atomic mass is 16.5. The molecule has 1 saturated heterocycles. The summed E-state index contributed by atoms with van der Waals surface area (Å²) in [6.07, 6.45) is 0.575. The molecule has 1 rings (SSSR count). The molecule has 0 saturated carbocycles. The van der Waals surface area contributed by atoms with Gasteiger partial charge in [0.1, 0.15) is 0 Å². The predicted molar refractivity (Wildman–Crippen MR) is 71.9 cm³/mol. The van der Waals surface area contributed by atoms with Crippen molar-refractivity contribution in [3.63, 3.8) is 0 Å². The van der Waals surface area contributed by atoms with Gasteiger partial charge in [-0.3, -0.25) is 9.59 Å². The minimum Gasteiger partial charge on any atom is -0.394 e. The van der Waals surface area contributed by atoms with Crippen LogP contribution < -0.4 is 5.32 Å². The fraction of sp³-hybridized carbons (Fsp3) is 0.846. The second-order valence-corrected chi connectivity index (χ2v) is 5.17. The smallest absolute Gasteiger partial charge is 0.226 e. The minimum atomic E-state index is -1.01. The van der Waals surface area contributed by atoms with Crippen molar-refractivity contribution in [2.75, 3.05) is 40.0 Å². The average Bonchev–Trinajstić information content (AvgIpc) is 2.84. The highest BCUT2D eigenvalue weighted by Gasteiger charge is 2.37. The molecule has 0 aromatic heterocycles. The topological polar surface area (TPSA) is 99.1 Å². The first-order valence-electron chi connectivity index (χ1n) is 6.82. The van der Waals surface area contributed by atoms with Gasteiger partial charge in [0.25, 0.3) is 0 Å². The van der Waals surface area contributed by atoms with Gasteiger partial charge in [0.15, 0.2) is 0 Å². The van der Waals surface area contributed by atoms with Crippen LogP contribution in [0.1, 0.15) is 19.8 Å². The van der Waals surface area contributed by atoms with Gasteiger partial charge >= 0.3 is 0 Å². The molecule has 20 heavy (non-hydrogen) atoms. The van der Waals surface area contributed by atoms with E-state index < -0.39 is 11.5 Å². The SMILES string of the molecule is CCC(CO)(CO)NC(=O)C1CC(=O)N(CCOC)C1. The average molecular weight is 288 g/mol. The van der Waals surface area contributed by atoms with Crippen LogP contribution in [0.5, 0.6) is 0 Å². The molecule has 1 aliphatic rings. The molecular formula is C13H24N2O5. The zero-order valence-electron chi connectivity index (χ0n) is 12.1.